The summed E-state index contributed by atoms with van der Waals surface area (Å²) in [7, 11) is 0. The Morgan fingerprint density at radius 2 is 1.88 bits per heavy atom. The predicted molar refractivity (Wildman–Crippen MR) is 190 cm³/mol. The summed E-state index contributed by atoms with van der Waals surface area (Å²) >= 11 is 0. The number of aromatic nitrogens is 2. The summed E-state index contributed by atoms with van der Waals surface area (Å²) in [6.45, 7) is 14.6. The summed E-state index contributed by atoms with van der Waals surface area (Å²) in [5.74, 6) is 3.34. The topological polar surface area (TPSA) is 98.0 Å². The maximum absolute atomic E-state index is 14.1. The van der Waals surface area contributed by atoms with Gasteiger partial charge in [0, 0.05) is 51.0 Å². The number of aliphatic imine (C=N–C) groups is 1. The largest absolute Gasteiger partial charge is 0.393 e. The van der Waals surface area contributed by atoms with E-state index >= 15 is 0 Å². The minimum atomic E-state index is -0.275. The highest BCUT2D eigenvalue weighted by Gasteiger charge is 2.56. The molecule has 3 aliphatic carbocycles. The molecule has 3 N–H and O–H groups in total. The number of guanidine groups is 1. The van der Waals surface area contributed by atoms with Gasteiger partial charge in [-0.3, -0.25) is 14.3 Å². The number of piperidine rings is 1. The molecule has 3 heterocycles. The molecule has 5 aliphatic rings. The lowest BCUT2D eigenvalue weighted by Gasteiger charge is -2.61. The summed E-state index contributed by atoms with van der Waals surface area (Å²) in [5.41, 5.74) is 2.85. The number of aliphatic hydroxyl groups is 1. The minimum absolute atomic E-state index is 0.0663. The van der Waals surface area contributed by atoms with Crippen molar-refractivity contribution in [3.63, 3.8) is 0 Å². The van der Waals surface area contributed by atoms with Gasteiger partial charge in [0.15, 0.2) is 5.96 Å². The van der Waals surface area contributed by atoms with E-state index < -0.39 is 0 Å². The van der Waals surface area contributed by atoms with Gasteiger partial charge in [0.25, 0.3) is 5.56 Å². The van der Waals surface area contributed by atoms with E-state index in [1.54, 1.807) is 16.7 Å². The maximum atomic E-state index is 14.1. The zero-order valence-corrected chi connectivity index (χ0v) is 29.0. The molecule has 9 nitrogen and oxygen atoms in total. The first-order chi connectivity index (χ1) is 23.0. The van der Waals surface area contributed by atoms with Crippen molar-refractivity contribution >= 4 is 22.5 Å². The highest BCUT2D eigenvalue weighted by Crippen LogP contribution is 2.61. The lowest BCUT2D eigenvalue weighted by Crippen LogP contribution is -2.57. The van der Waals surface area contributed by atoms with E-state index in [-0.39, 0.29) is 23.5 Å². The Morgan fingerprint density at radius 1 is 1.10 bits per heavy atom. The van der Waals surface area contributed by atoms with E-state index in [1.165, 1.54) is 18.6 Å². The van der Waals surface area contributed by atoms with E-state index in [0.717, 1.165) is 62.3 Å². The molecule has 3 saturated carbocycles. The zero-order valence-electron chi connectivity index (χ0n) is 29.0. The predicted octanol–water partition coefficient (Wildman–Crippen LogP) is 4.87. The van der Waals surface area contributed by atoms with Gasteiger partial charge in [-0.25, -0.2) is 14.4 Å². The number of aliphatic hydroxyl groups excluding tert-OH is 1. The molecule has 2 bridgehead atoms. The van der Waals surface area contributed by atoms with Gasteiger partial charge in [-0.15, -0.1) is 0 Å². The molecule has 48 heavy (non-hydrogen) atoms. The normalized spacial score (nSPS) is 28.0. The smallest absolute Gasteiger partial charge is 0.261 e. The molecule has 2 aromatic carbocycles. The third kappa shape index (κ3) is 6.76. The van der Waals surface area contributed by atoms with Gasteiger partial charge in [-0.05, 0) is 98.1 Å². The van der Waals surface area contributed by atoms with Crippen LogP contribution in [0, 0.1) is 29.0 Å². The molecule has 258 valence electrons. The number of nitrogens with zero attached hydrogens (tertiary/aromatic N) is 5. The first-order valence-corrected chi connectivity index (χ1v) is 18.1. The summed E-state index contributed by atoms with van der Waals surface area (Å²) < 4.78 is 15.3. The van der Waals surface area contributed by atoms with Crippen LogP contribution in [0.4, 0.5) is 10.1 Å². The number of nitrogens with one attached hydrogen (secondary N) is 2. The molecule has 0 amide bonds. The minimum Gasteiger partial charge on any atom is -0.393 e. The van der Waals surface area contributed by atoms with Crippen LogP contribution in [-0.2, 0) is 19.5 Å². The molecule has 0 radical (unpaired) electrons. The Kier molecular flexibility index (Phi) is 9.34. The monoisotopic (exact) mass is 657 g/mol. The Balaban J connectivity index is 1.20. The van der Waals surface area contributed by atoms with Crippen LogP contribution in [0.2, 0.25) is 0 Å². The second-order valence-corrected chi connectivity index (χ2v) is 15.5. The number of benzene rings is 2. The molecule has 5 fully saturated rings. The van der Waals surface area contributed by atoms with Gasteiger partial charge >= 0.3 is 0 Å². The van der Waals surface area contributed by atoms with Crippen molar-refractivity contribution in [3.05, 3.63) is 70.0 Å². The van der Waals surface area contributed by atoms with Crippen LogP contribution in [0.25, 0.3) is 10.9 Å². The molecule has 0 spiro atoms. The molecular weight excluding hydrogens is 605 g/mol. The lowest BCUT2D eigenvalue weighted by atomic mass is 9.45. The molecule has 2 saturated heterocycles. The number of anilines is 1. The van der Waals surface area contributed by atoms with E-state index in [4.69, 9.17) is 9.98 Å². The van der Waals surface area contributed by atoms with Crippen molar-refractivity contribution in [2.24, 2.45) is 28.2 Å². The molecule has 1 aromatic heterocycles. The highest BCUT2D eigenvalue weighted by atomic mass is 19.1. The third-order valence-electron chi connectivity index (χ3n) is 12.0. The number of halogens is 1. The number of hydrogen-bond donors (Lipinski definition) is 3. The Labute approximate surface area is 283 Å². The van der Waals surface area contributed by atoms with Crippen LogP contribution in [0.15, 0.2) is 52.3 Å². The van der Waals surface area contributed by atoms with Gasteiger partial charge in [-0.1, -0.05) is 32.9 Å². The van der Waals surface area contributed by atoms with Crippen LogP contribution < -0.4 is 16.2 Å². The Bertz CT molecular complexity index is 1700. The quantitative estimate of drug-likeness (QED) is 0.247. The molecule has 5 atom stereocenters. The molecule has 10 heteroatoms. The van der Waals surface area contributed by atoms with Crippen molar-refractivity contribution in [1.29, 1.82) is 0 Å². The van der Waals surface area contributed by atoms with E-state index in [0.29, 0.717) is 72.4 Å². The van der Waals surface area contributed by atoms with E-state index in [2.05, 4.69) is 48.1 Å². The SMILES string of the molecule is C[C@@H]1[C@@H](/N=C(/Nc2ccc3c(=O)n(CCc4ccc(F)cc4)c(CN4CCC(O)CC4)nc3c2)N2CCN[C@@H](C)C2)C[C@H]2C[C@@H]1C2(C)C. The number of aryl methyl sites for hydroxylation is 1. The van der Waals surface area contributed by atoms with Crippen molar-refractivity contribution < 1.29 is 9.50 Å². The summed E-state index contributed by atoms with van der Waals surface area (Å²) in [5, 5.41) is 17.9. The number of hydrogen-bond acceptors (Lipinski definition) is 6. The standard InChI is InChI=1S/C38H52FN7O2/c1-24-22-45(18-14-40-24)37(43-33-20-27-19-32(25(33)2)38(27,3)4)41-29-9-10-31-34(21-29)42-35(23-44-15-12-30(47)13-16-44)46(36(31)48)17-11-26-5-7-28(39)8-6-26/h5-10,21,24-25,27,30,32-33,40,47H,11-20,22-23H2,1-4H3,(H,41,43)/t24-,25-,27+,32-,33-/m0/s1. The number of fused-ring (bicyclic) bond motifs is 3. The maximum Gasteiger partial charge on any atom is 0.261 e. The Hall–Kier alpha value is -3.34. The van der Waals surface area contributed by atoms with Gasteiger partial charge < -0.3 is 20.6 Å². The van der Waals surface area contributed by atoms with Crippen molar-refractivity contribution in [1.82, 2.24) is 24.7 Å². The molecule has 3 aromatic rings. The van der Waals surface area contributed by atoms with Crippen LogP contribution in [0.1, 0.15) is 64.8 Å². The first-order valence-electron chi connectivity index (χ1n) is 18.1. The van der Waals surface area contributed by atoms with Crippen LogP contribution in [-0.4, -0.2) is 81.3 Å². The van der Waals surface area contributed by atoms with Gasteiger partial charge in [0.1, 0.15) is 11.6 Å². The first kappa shape index (κ1) is 33.2. The van der Waals surface area contributed by atoms with Gasteiger partial charge in [0.05, 0.1) is 29.6 Å². The van der Waals surface area contributed by atoms with Crippen molar-refractivity contribution in [2.75, 3.05) is 38.0 Å². The summed E-state index contributed by atoms with van der Waals surface area (Å²) in [4.78, 5) is 29.3. The third-order valence-corrected chi connectivity index (χ3v) is 12.0. The van der Waals surface area contributed by atoms with Crippen molar-refractivity contribution in [3.8, 4) is 0 Å². The number of likely N-dealkylation sites (tertiary alicyclic amines) is 1. The zero-order chi connectivity index (χ0) is 33.6. The van der Waals surface area contributed by atoms with Crippen LogP contribution in [0.3, 0.4) is 0 Å². The molecule has 2 aliphatic heterocycles. The van der Waals surface area contributed by atoms with E-state index in [1.807, 2.05) is 18.2 Å². The second kappa shape index (κ2) is 13.5. The van der Waals surface area contributed by atoms with Crippen LogP contribution >= 0.6 is 0 Å². The highest BCUT2D eigenvalue weighted by molar-refractivity contribution is 5.96. The second-order valence-electron chi connectivity index (χ2n) is 15.5. The Morgan fingerprint density at radius 3 is 2.58 bits per heavy atom. The summed E-state index contributed by atoms with van der Waals surface area (Å²) in [6.07, 6.45) is 4.21. The fraction of sp³-hybridized carbons (Fsp3) is 0.605. The van der Waals surface area contributed by atoms with Crippen molar-refractivity contribution in [2.45, 2.75) is 91.1 Å². The van der Waals surface area contributed by atoms with Gasteiger partial charge in [0.2, 0.25) is 0 Å². The average Bonchev–Trinajstić information content (AvgIpc) is 3.06. The molecular formula is C38H52FN7O2. The van der Waals surface area contributed by atoms with Gasteiger partial charge in [-0.2, -0.15) is 0 Å². The fourth-order valence-electron chi connectivity index (χ4n) is 8.76. The number of piperazine rings is 1. The lowest BCUT2D eigenvalue weighted by molar-refractivity contribution is -0.108. The molecule has 0 unspecified atom stereocenters. The fourth-order valence-corrected chi connectivity index (χ4v) is 8.76. The molecule has 8 rings (SSSR count). The summed E-state index contributed by atoms with van der Waals surface area (Å²) in [6, 6.07) is 13.0. The number of rotatable bonds is 7. The average molecular weight is 658 g/mol. The van der Waals surface area contributed by atoms with E-state index in [9.17, 15) is 14.3 Å². The van der Waals surface area contributed by atoms with Crippen LogP contribution in [0.5, 0.6) is 0 Å².